The van der Waals surface area contributed by atoms with Crippen LogP contribution in [0.25, 0.3) is 0 Å². The van der Waals surface area contributed by atoms with Gasteiger partial charge in [0, 0.05) is 12.0 Å². The second-order valence-electron chi connectivity index (χ2n) is 2.11. The molecule has 0 saturated heterocycles. The molecule has 0 atom stereocenters. The van der Waals surface area contributed by atoms with Gasteiger partial charge in [-0.15, -0.1) is 0 Å². The standard InChI is InChI=1S/C4H6N2O2.C3H6O2/c5-2-3-1-4(7)6-8-3;1-2-3(4)5/h1H,2,5H2,(H,6,7);2H2,1H3,(H,4,5)/p-1. The first-order valence-electron chi connectivity index (χ1n) is 3.67. The van der Waals surface area contributed by atoms with Gasteiger partial charge in [-0.25, -0.2) is 0 Å². The zero-order valence-corrected chi connectivity index (χ0v) is 7.20. The lowest BCUT2D eigenvalue weighted by atomic mass is 10.5. The Labute approximate surface area is 74.3 Å². The molecule has 6 heteroatoms. The van der Waals surface area contributed by atoms with Crippen molar-refractivity contribution in [3.05, 3.63) is 22.2 Å². The topological polar surface area (TPSA) is 112 Å². The third-order valence-electron chi connectivity index (χ3n) is 1.06. The van der Waals surface area contributed by atoms with E-state index < -0.39 is 5.97 Å². The minimum Gasteiger partial charge on any atom is -0.550 e. The molecule has 0 fully saturated rings. The molecule has 0 bridgehead atoms. The van der Waals surface area contributed by atoms with Gasteiger partial charge in [0.25, 0.3) is 5.56 Å². The highest BCUT2D eigenvalue weighted by molar-refractivity contribution is 5.63. The van der Waals surface area contributed by atoms with E-state index in [4.69, 9.17) is 5.73 Å². The van der Waals surface area contributed by atoms with E-state index in [2.05, 4.69) is 9.68 Å². The SMILES string of the molecule is CCC(=O)[O-].NCc1cc(=O)[nH]o1. The van der Waals surface area contributed by atoms with Crippen LogP contribution in [0.4, 0.5) is 0 Å². The minimum atomic E-state index is -0.995. The number of carboxylic acid groups (broad SMARTS) is 1. The van der Waals surface area contributed by atoms with Gasteiger partial charge in [0.2, 0.25) is 0 Å². The molecule has 0 aliphatic heterocycles. The summed E-state index contributed by atoms with van der Waals surface area (Å²) in [6, 6.07) is 1.32. The molecule has 6 nitrogen and oxygen atoms in total. The van der Waals surface area contributed by atoms with Crippen LogP contribution in [0.1, 0.15) is 19.1 Å². The molecule has 3 N–H and O–H groups in total. The summed E-state index contributed by atoms with van der Waals surface area (Å²) in [5, 5.41) is 11.4. The number of carbonyl (C=O) groups is 1. The van der Waals surface area contributed by atoms with Crippen molar-refractivity contribution in [2.75, 3.05) is 0 Å². The van der Waals surface area contributed by atoms with Crippen LogP contribution in [0.3, 0.4) is 0 Å². The zero-order valence-electron chi connectivity index (χ0n) is 7.20. The quantitative estimate of drug-likeness (QED) is 0.589. The maximum atomic E-state index is 10.2. The summed E-state index contributed by atoms with van der Waals surface area (Å²) in [5.41, 5.74) is 4.87. The number of H-pyrrole nitrogens is 1. The van der Waals surface area contributed by atoms with Crippen molar-refractivity contribution >= 4 is 5.97 Å². The summed E-state index contributed by atoms with van der Waals surface area (Å²) < 4.78 is 4.55. The Kier molecular flexibility index (Phi) is 5.29. The van der Waals surface area contributed by atoms with Crippen molar-refractivity contribution in [1.82, 2.24) is 5.16 Å². The molecule has 1 heterocycles. The monoisotopic (exact) mass is 187 g/mol. The number of aromatic nitrogens is 1. The Morgan fingerprint density at radius 3 is 2.46 bits per heavy atom. The van der Waals surface area contributed by atoms with Gasteiger partial charge in [0.1, 0.15) is 0 Å². The van der Waals surface area contributed by atoms with Crippen LogP contribution < -0.4 is 16.4 Å². The molecule has 13 heavy (non-hydrogen) atoms. The predicted molar refractivity (Wildman–Crippen MR) is 42.5 cm³/mol. The lowest BCUT2D eigenvalue weighted by Gasteiger charge is -1.87. The number of aromatic amines is 1. The summed E-state index contributed by atoms with van der Waals surface area (Å²) in [4.78, 5) is 19.5. The Balaban J connectivity index is 0.000000252. The molecule has 1 aromatic heterocycles. The number of nitrogens with one attached hydrogen (secondary N) is 1. The van der Waals surface area contributed by atoms with Crippen molar-refractivity contribution in [1.29, 1.82) is 0 Å². The van der Waals surface area contributed by atoms with E-state index in [-0.39, 0.29) is 18.5 Å². The van der Waals surface area contributed by atoms with Crippen molar-refractivity contribution in [3.8, 4) is 0 Å². The Hall–Kier alpha value is -1.56. The number of hydrogen-bond donors (Lipinski definition) is 2. The average Bonchev–Trinajstić information content (AvgIpc) is 2.52. The molecule has 0 aliphatic rings. The number of carboxylic acids is 1. The average molecular weight is 187 g/mol. The number of aliphatic carboxylic acids is 1. The van der Waals surface area contributed by atoms with Gasteiger partial charge in [-0.3, -0.25) is 4.79 Å². The van der Waals surface area contributed by atoms with Gasteiger partial charge in [-0.2, -0.15) is 5.16 Å². The normalized spacial score (nSPS) is 8.77. The van der Waals surface area contributed by atoms with E-state index in [1.165, 1.54) is 13.0 Å². The molecule has 0 aliphatic carbocycles. The maximum absolute atomic E-state index is 10.2. The third kappa shape index (κ3) is 5.68. The Bertz CT molecular complexity index is 301. The van der Waals surface area contributed by atoms with Crippen LogP contribution >= 0.6 is 0 Å². The number of rotatable bonds is 2. The van der Waals surface area contributed by atoms with Crippen LogP contribution in [0.5, 0.6) is 0 Å². The molecular weight excluding hydrogens is 176 g/mol. The lowest BCUT2D eigenvalue weighted by Crippen LogP contribution is -2.19. The van der Waals surface area contributed by atoms with Crippen molar-refractivity contribution < 1.29 is 14.4 Å². The van der Waals surface area contributed by atoms with Gasteiger partial charge < -0.3 is 20.2 Å². The molecule has 1 rings (SSSR count). The highest BCUT2D eigenvalue weighted by atomic mass is 16.5. The second kappa shape index (κ2) is 6.01. The van der Waals surface area contributed by atoms with E-state index in [0.717, 1.165) is 0 Å². The van der Waals surface area contributed by atoms with Crippen molar-refractivity contribution in [2.45, 2.75) is 19.9 Å². The van der Waals surface area contributed by atoms with Crippen LogP contribution in [0, 0.1) is 0 Å². The molecular formula is C7H11N2O4-. The fraction of sp³-hybridized carbons (Fsp3) is 0.429. The van der Waals surface area contributed by atoms with Crippen LogP contribution in [0.2, 0.25) is 0 Å². The highest BCUT2D eigenvalue weighted by Crippen LogP contribution is 1.86. The Morgan fingerprint density at radius 1 is 1.77 bits per heavy atom. The van der Waals surface area contributed by atoms with Gasteiger partial charge in [0.05, 0.1) is 6.54 Å². The fourth-order valence-electron chi connectivity index (χ4n) is 0.422. The minimum absolute atomic E-state index is 0.111. The van der Waals surface area contributed by atoms with Gasteiger partial charge in [-0.1, -0.05) is 6.92 Å². The summed E-state index contributed by atoms with van der Waals surface area (Å²) in [6.07, 6.45) is 0.111. The molecule has 0 radical (unpaired) electrons. The first-order valence-corrected chi connectivity index (χ1v) is 3.67. The van der Waals surface area contributed by atoms with E-state index in [1.807, 2.05) is 0 Å². The van der Waals surface area contributed by atoms with E-state index in [1.54, 1.807) is 0 Å². The lowest BCUT2D eigenvalue weighted by molar-refractivity contribution is -0.305. The first kappa shape index (κ1) is 11.4. The predicted octanol–water partition coefficient (Wildman–Crippen LogP) is -1.43. The third-order valence-corrected chi connectivity index (χ3v) is 1.06. The second-order valence-corrected chi connectivity index (χ2v) is 2.11. The summed E-state index contributed by atoms with van der Waals surface area (Å²) in [5.74, 6) is -0.514. The highest BCUT2D eigenvalue weighted by Gasteiger charge is 1.91. The van der Waals surface area contributed by atoms with Crippen molar-refractivity contribution in [2.24, 2.45) is 5.73 Å². The van der Waals surface area contributed by atoms with E-state index in [0.29, 0.717) is 5.76 Å². The molecule has 0 unspecified atom stereocenters. The number of nitrogens with two attached hydrogens (primary N) is 1. The first-order chi connectivity index (χ1) is 6.10. The van der Waals surface area contributed by atoms with Gasteiger partial charge in [-0.05, 0) is 6.42 Å². The van der Waals surface area contributed by atoms with Gasteiger partial charge >= 0.3 is 0 Å². The summed E-state index contributed by atoms with van der Waals surface area (Å²) >= 11 is 0. The number of hydrogen-bond acceptors (Lipinski definition) is 5. The van der Waals surface area contributed by atoms with Gasteiger partial charge in [0.15, 0.2) is 5.76 Å². The van der Waals surface area contributed by atoms with Crippen LogP contribution in [-0.4, -0.2) is 11.1 Å². The largest absolute Gasteiger partial charge is 0.550 e. The molecule has 0 aromatic carbocycles. The van der Waals surface area contributed by atoms with Crippen LogP contribution in [0.15, 0.2) is 15.4 Å². The molecule has 0 spiro atoms. The molecule has 74 valence electrons. The molecule has 0 saturated carbocycles. The molecule has 1 aromatic rings. The van der Waals surface area contributed by atoms with Crippen LogP contribution in [-0.2, 0) is 11.3 Å². The maximum Gasteiger partial charge on any atom is 0.280 e. The fourth-order valence-corrected chi connectivity index (χ4v) is 0.422. The Morgan fingerprint density at radius 2 is 2.31 bits per heavy atom. The summed E-state index contributed by atoms with van der Waals surface area (Å²) in [7, 11) is 0. The smallest absolute Gasteiger partial charge is 0.280 e. The molecule has 0 amide bonds. The zero-order chi connectivity index (χ0) is 10.3. The summed E-state index contributed by atoms with van der Waals surface area (Å²) in [6.45, 7) is 1.80. The number of carbonyl (C=O) groups excluding carboxylic acids is 1. The van der Waals surface area contributed by atoms with E-state index in [9.17, 15) is 14.7 Å². The van der Waals surface area contributed by atoms with E-state index >= 15 is 0 Å². The van der Waals surface area contributed by atoms with Crippen molar-refractivity contribution in [3.63, 3.8) is 0 Å².